The van der Waals surface area contributed by atoms with Gasteiger partial charge in [0.15, 0.2) is 0 Å². The van der Waals surface area contributed by atoms with E-state index in [1.807, 2.05) is 18.2 Å². The Labute approximate surface area is 182 Å². The van der Waals surface area contributed by atoms with Crippen molar-refractivity contribution in [3.05, 3.63) is 90.3 Å². The zero-order valence-electron chi connectivity index (χ0n) is 17.1. The Balaban J connectivity index is 1.33. The fourth-order valence-electron chi connectivity index (χ4n) is 4.07. The van der Waals surface area contributed by atoms with Gasteiger partial charge >= 0.3 is 0 Å². The predicted octanol–water partition coefficient (Wildman–Crippen LogP) is 3.90. The van der Waals surface area contributed by atoms with E-state index in [-0.39, 0.29) is 4.90 Å². The summed E-state index contributed by atoms with van der Waals surface area (Å²) in [6.45, 7) is 3.66. The van der Waals surface area contributed by atoms with Crippen LogP contribution >= 0.6 is 0 Å². The summed E-state index contributed by atoms with van der Waals surface area (Å²) in [7, 11) is -3.62. The first-order valence-electron chi connectivity index (χ1n) is 10.4. The smallest absolute Gasteiger partial charge is 0.261 e. The number of anilines is 1. The normalized spacial score (nSPS) is 14.5. The second-order valence-corrected chi connectivity index (χ2v) is 9.50. The number of rotatable bonds is 6. The summed E-state index contributed by atoms with van der Waals surface area (Å²) < 4.78 is 30.1. The molecule has 4 aromatic rings. The van der Waals surface area contributed by atoms with Crippen molar-refractivity contribution in [2.24, 2.45) is 0 Å². The highest BCUT2D eigenvalue weighted by molar-refractivity contribution is 7.92. The van der Waals surface area contributed by atoms with Crippen LogP contribution in [0.2, 0.25) is 0 Å². The van der Waals surface area contributed by atoms with Crippen LogP contribution in [0.4, 0.5) is 5.69 Å². The molecule has 0 saturated heterocycles. The molecule has 0 fully saturated rings. The zero-order chi connectivity index (χ0) is 21.3. The number of benzene rings is 3. The zero-order valence-corrected chi connectivity index (χ0v) is 17.9. The second-order valence-electron chi connectivity index (χ2n) is 7.81. The molecule has 3 aromatic carbocycles. The average Bonchev–Trinajstić information content (AvgIpc) is 3.15. The molecule has 0 bridgehead atoms. The number of fused-ring (bicyclic) bond motifs is 3. The van der Waals surface area contributed by atoms with Gasteiger partial charge in [0.2, 0.25) is 0 Å². The number of hydrogen-bond acceptors (Lipinski definition) is 4. The molecule has 0 radical (unpaired) electrons. The average molecular weight is 433 g/mol. The highest BCUT2D eigenvalue weighted by atomic mass is 32.2. The van der Waals surface area contributed by atoms with Crippen LogP contribution in [0.15, 0.2) is 83.8 Å². The molecule has 7 heteroatoms. The van der Waals surface area contributed by atoms with Gasteiger partial charge in [0.25, 0.3) is 10.0 Å². The van der Waals surface area contributed by atoms with Gasteiger partial charge in [-0.1, -0.05) is 48.5 Å². The summed E-state index contributed by atoms with van der Waals surface area (Å²) in [5.74, 6) is 1.03. The lowest BCUT2D eigenvalue weighted by atomic mass is 10.1. The van der Waals surface area contributed by atoms with Crippen molar-refractivity contribution >= 4 is 26.7 Å². The standard InChI is InChI=1S/C24H24N4O2S/c29-31(30,21-9-5-2-6-10-21)26-20-11-12-23-22(17-20)25-24-18-27(15-16-28(23)24)14-13-19-7-3-1-4-8-19/h1-12,17,26H,13-16,18H2. The molecular weight excluding hydrogens is 408 g/mol. The van der Waals surface area contributed by atoms with Crippen molar-refractivity contribution < 1.29 is 8.42 Å². The van der Waals surface area contributed by atoms with E-state index in [1.54, 1.807) is 36.4 Å². The van der Waals surface area contributed by atoms with Gasteiger partial charge in [0, 0.05) is 19.6 Å². The Morgan fingerprint density at radius 1 is 0.903 bits per heavy atom. The van der Waals surface area contributed by atoms with E-state index < -0.39 is 10.0 Å². The minimum Gasteiger partial charge on any atom is -0.326 e. The van der Waals surface area contributed by atoms with Crippen molar-refractivity contribution in [2.45, 2.75) is 24.4 Å². The van der Waals surface area contributed by atoms with Gasteiger partial charge in [-0.3, -0.25) is 9.62 Å². The summed E-state index contributed by atoms with van der Waals surface area (Å²) in [5.41, 5.74) is 3.72. The number of sulfonamides is 1. The molecule has 1 aliphatic rings. The summed E-state index contributed by atoms with van der Waals surface area (Å²) in [6.07, 6.45) is 1.02. The summed E-state index contributed by atoms with van der Waals surface area (Å²) in [6, 6.07) is 24.5. The van der Waals surface area contributed by atoms with Gasteiger partial charge in [-0.05, 0) is 42.3 Å². The van der Waals surface area contributed by atoms with E-state index in [2.05, 4.69) is 38.5 Å². The minimum atomic E-state index is -3.62. The van der Waals surface area contributed by atoms with Crippen LogP contribution in [0, 0.1) is 0 Å². The van der Waals surface area contributed by atoms with Gasteiger partial charge in [0.05, 0.1) is 28.2 Å². The van der Waals surface area contributed by atoms with Gasteiger partial charge in [-0.15, -0.1) is 0 Å². The number of aromatic nitrogens is 2. The molecule has 1 N–H and O–H groups in total. The van der Waals surface area contributed by atoms with E-state index in [0.717, 1.165) is 49.5 Å². The molecule has 31 heavy (non-hydrogen) atoms. The van der Waals surface area contributed by atoms with E-state index in [9.17, 15) is 8.42 Å². The molecule has 0 aliphatic carbocycles. The highest BCUT2D eigenvalue weighted by Crippen LogP contribution is 2.25. The van der Waals surface area contributed by atoms with E-state index in [0.29, 0.717) is 5.69 Å². The SMILES string of the molecule is O=S(=O)(Nc1ccc2c(c1)nc1n2CCN(CCc2ccccc2)C1)c1ccccc1. The molecular formula is C24H24N4O2S. The minimum absolute atomic E-state index is 0.244. The first kappa shape index (κ1) is 19.8. The van der Waals surface area contributed by atoms with Crippen LogP contribution in [0.1, 0.15) is 11.4 Å². The maximum atomic E-state index is 12.6. The van der Waals surface area contributed by atoms with Crippen LogP contribution in [0.25, 0.3) is 11.0 Å². The van der Waals surface area contributed by atoms with Gasteiger partial charge < -0.3 is 4.57 Å². The molecule has 0 saturated carbocycles. The van der Waals surface area contributed by atoms with Crippen LogP contribution in [0.5, 0.6) is 0 Å². The molecule has 0 atom stereocenters. The molecule has 6 nitrogen and oxygen atoms in total. The van der Waals surface area contributed by atoms with E-state index in [4.69, 9.17) is 4.98 Å². The van der Waals surface area contributed by atoms with Gasteiger partial charge in [-0.2, -0.15) is 0 Å². The third-order valence-electron chi connectivity index (χ3n) is 5.70. The Bertz CT molecular complexity index is 1300. The quantitative estimate of drug-likeness (QED) is 0.502. The van der Waals surface area contributed by atoms with Crippen molar-refractivity contribution in [3.63, 3.8) is 0 Å². The second kappa shape index (κ2) is 8.17. The molecule has 1 aromatic heterocycles. The number of nitrogens with zero attached hydrogens (tertiary/aromatic N) is 3. The highest BCUT2D eigenvalue weighted by Gasteiger charge is 2.21. The van der Waals surface area contributed by atoms with Crippen LogP contribution < -0.4 is 4.72 Å². The number of hydrogen-bond donors (Lipinski definition) is 1. The summed E-state index contributed by atoms with van der Waals surface area (Å²) in [4.78, 5) is 7.48. The van der Waals surface area contributed by atoms with Crippen molar-refractivity contribution in [1.82, 2.24) is 14.5 Å². The number of imidazole rings is 1. The maximum absolute atomic E-state index is 12.6. The summed E-state index contributed by atoms with van der Waals surface area (Å²) >= 11 is 0. The Kier molecular flexibility index (Phi) is 5.21. The first-order valence-corrected chi connectivity index (χ1v) is 11.9. The molecule has 5 rings (SSSR count). The molecule has 0 unspecified atom stereocenters. The third kappa shape index (κ3) is 4.19. The maximum Gasteiger partial charge on any atom is 0.261 e. The lowest BCUT2D eigenvalue weighted by molar-refractivity contribution is 0.222. The predicted molar refractivity (Wildman–Crippen MR) is 122 cm³/mol. The van der Waals surface area contributed by atoms with Gasteiger partial charge in [-0.25, -0.2) is 13.4 Å². The van der Waals surface area contributed by atoms with Crippen molar-refractivity contribution in [2.75, 3.05) is 17.8 Å². The van der Waals surface area contributed by atoms with E-state index >= 15 is 0 Å². The Morgan fingerprint density at radius 3 is 2.42 bits per heavy atom. The largest absolute Gasteiger partial charge is 0.326 e. The van der Waals surface area contributed by atoms with Crippen LogP contribution in [-0.2, 0) is 29.5 Å². The van der Waals surface area contributed by atoms with Crippen LogP contribution in [-0.4, -0.2) is 36.0 Å². The third-order valence-corrected chi connectivity index (χ3v) is 7.09. The van der Waals surface area contributed by atoms with Crippen molar-refractivity contribution in [3.8, 4) is 0 Å². The van der Waals surface area contributed by atoms with E-state index in [1.165, 1.54) is 5.56 Å². The summed E-state index contributed by atoms with van der Waals surface area (Å²) in [5, 5.41) is 0. The first-order chi connectivity index (χ1) is 15.1. The lowest BCUT2D eigenvalue weighted by Crippen LogP contribution is -2.35. The Morgan fingerprint density at radius 2 is 1.65 bits per heavy atom. The lowest BCUT2D eigenvalue weighted by Gasteiger charge is -2.27. The van der Waals surface area contributed by atoms with Gasteiger partial charge in [0.1, 0.15) is 5.82 Å². The van der Waals surface area contributed by atoms with Crippen LogP contribution in [0.3, 0.4) is 0 Å². The molecule has 0 amide bonds. The molecule has 0 spiro atoms. The number of nitrogens with one attached hydrogen (secondary N) is 1. The fraction of sp³-hybridized carbons (Fsp3) is 0.208. The monoisotopic (exact) mass is 432 g/mol. The topological polar surface area (TPSA) is 67.2 Å². The van der Waals surface area contributed by atoms with Crippen molar-refractivity contribution in [1.29, 1.82) is 0 Å². The molecule has 158 valence electrons. The Hall–Kier alpha value is -3.16. The fourth-order valence-corrected chi connectivity index (χ4v) is 5.14. The molecule has 1 aliphatic heterocycles. The molecule has 2 heterocycles.